The van der Waals surface area contributed by atoms with Crippen molar-refractivity contribution in [3.8, 4) is 5.75 Å². The minimum Gasteiger partial charge on any atom is -0.494 e. The number of allylic oxidation sites excluding steroid dienone is 5. The zero-order chi connectivity index (χ0) is 25.6. The standard InChI is InChI=1S/C22H26N4O.C7H16O/c1-5-7-10-16(15(3)9-6-2)13-17-14-19-18-11-8-12-20(27-4)21(18)24-22(23)26(19)25-17;1-3-5-7-8-6-4-2/h5,7-8,10-12,14H,1,6,9,13H2,2-4H3,(H2,23,24);3-7H2,1-2H3/b10-7-,16-15+;. The van der Waals surface area contributed by atoms with Crippen molar-refractivity contribution in [3.05, 3.63) is 65.9 Å². The summed E-state index contributed by atoms with van der Waals surface area (Å²) in [7, 11) is 1.64. The molecule has 0 unspecified atom stereocenters. The van der Waals surface area contributed by atoms with Crippen molar-refractivity contribution in [2.45, 2.75) is 66.2 Å². The fraction of sp³-hybridized carbons (Fsp3) is 0.448. The molecule has 2 N–H and O–H groups in total. The molecule has 3 aromatic rings. The van der Waals surface area contributed by atoms with Gasteiger partial charge in [0.15, 0.2) is 0 Å². The van der Waals surface area contributed by atoms with Gasteiger partial charge in [-0.2, -0.15) is 9.61 Å². The summed E-state index contributed by atoms with van der Waals surface area (Å²) in [6, 6.07) is 7.94. The SMILES string of the molecule is C=C/C=C\C(Cc1cc2c3cccc(OC)c3nc(N)n2n1)=C(\C)CCC.CCCCOCCC. The highest BCUT2D eigenvalue weighted by Crippen LogP contribution is 2.29. The number of nitrogens with zero attached hydrogens (tertiary/aromatic N) is 3. The number of rotatable bonds is 12. The van der Waals surface area contributed by atoms with Crippen molar-refractivity contribution in [1.29, 1.82) is 0 Å². The number of ether oxygens (including phenoxy) is 2. The molecule has 0 saturated carbocycles. The van der Waals surface area contributed by atoms with E-state index in [1.54, 1.807) is 17.7 Å². The number of unbranched alkanes of at least 4 members (excludes halogenated alkanes) is 1. The molecule has 0 amide bonds. The Bertz CT molecular complexity index is 1140. The summed E-state index contributed by atoms with van der Waals surface area (Å²) in [6.07, 6.45) is 12.4. The molecule has 0 atom stereocenters. The number of hydrogen-bond acceptors (Lipinski definition) is 5. The number of methoxy groups -OCH3 is 1. The molecular formula is C29H42N4O2. The van der Waals surface area contributed by atoms with Crippen LogP contribution in [0.25, 0.3) is 16.4 Å². The molecule has 1 aromatic carbocycles. The van der Waals surface area contributed by atoms with E-state index < -0.39 is 0 Å². The first-order chi connectivity index (χ1) is 17.0. The van der Waals surface area contributed by atoms with Crippen LogP contribution in [-0.2, 0) is 11.2 Å². The number of hydrogen-bond donors (Lipinski definition) is 1. The van der Waals surface area contributed by atoms with E-state index in [1.807, 2.05) is 24.3 Å². The fourth-order valence-corrected chi connectivity index (χ4v) is 3.81. The Morgan fingerprint density at radius 2 is 1.94 bits per heavy atom. The second kappa shape index (κ2) is 15.0. The van der Waals surface area contributed by atoms with Gasteiger partial charge in [-0.3, -0.25) is 0 Å². The molecule has 0 radical (unpaired) electrons. The Morgan fingerprint density at radius 1 is 1.14 bits per heavy atom. The summed E-state index contributed by atoms with van der Waals surface area (Å²) in [5, 5.41) is 5.67. The van der Waals surface area contributed by atoms with Gasteiger partial charge in [0.25, 0.3) is 0 Å². The molecular weight excluding hydrogens is 436 g/mol. The zero-order valence-electron chi connectivity index (χ0n) is 22.1. The number of anilines is 1. The van der Waals surface area contributed by atoms with Crippen LogP contribution >= 0.6 is 0 Å². The lowest BCUT2D eigenvalue weighted by Gasteiger charge is -2.07. The van der Waals surface area contributed by atoms with Crippen molar-refractivity contribution in [2.24, 2.45) is 0 Å². The van der Waals surface area contributed by atoms with Gasteiger partial charge < -0.3 is 15.2 Å². The van der Waals surface area contributed by atoms with Gasteiger partial charge in [-0.25, -0.2) is 4.98 Å². The molecule has 6 nitrogen and oxygen atoms in total. The highest BCUT2D eigenvalue weighted by atomic mass is 16.5. The highest BCUT2D eigenvalue weighted by molar-refractivity contribution is 5.97. The lowest BCUT2D eigenvalue weighted by Crippen LogP contribution is -2.03. The molecule has 0 aliphatic rings. The van der Waals surface area contributed by atoms with Crippen LogP contribution in [0.5, 0.6) is 5.75 Å². The summed E-state index contributed by atoms with van der Waals surface area (Å²) in [5.41, 5.74) is 11.4. The predicted octanol–water partition coefficient (Wildman–Crippen LogP) is 7.09. The van der Waals surface area contributed by atoms with Gasteiger partial charge in [0.05, 0.1) is 18.3 Å². The third-order valence-corrected chi connectivity index (χ3v) is 5.67. The predicted molar refractivity (Wildman–Crippen MR) is 148 cm³/mol. The fourth-order valence-electron chi connectivity index (χ4n) is 3.81. The van der Waals surface area contributed by atoms with Crippen LogP contribution in [0.3, 0.4) is 0 Å². The molecule has 0 fully saturated rings. The molecule has 35 heavy (non-hydrogen) atoms. The number of para-hydroxylation sites is 1. The van der Waals surface area contributed by atoms with Gasteiger partial charge in [-0.15, -0.1) is 0 Å². The first kappa shape index (κ1) is 28.1. The lowest BCUT2D eigenvalue weighted by atomic mass is 10.00. The summed E-state index contributed by atoms with van der Waals surface area (Å²) in [4.78, 5) is 4.50. The number of nitrogen functional groups attached to an aromatic ring is 1. The second-order valence-corrected chi connectivity index (χ2v) is 8.55. The Labute approximate surface area is 210 Å². The molecule has 6 heteroatoms. The quantitative estimate of drug-likeness (QED) is 0.222. The zero-order valence-corrected chi connectivity index (χ0v) is 22.1. The normalized spacial score (nSPS) is 12.0. The number of fused-ring (bicyclic) bond motifs is 3. The molecule has 190 valence electrons. The van der Waals surface area contributed by atoms with Gasteiger partial charge in [-0.1, -0.05) is 76.1 Å². The van der Waals surface area contributed by atoms with Gasteiger partial charge >= 0.3 is 0 Å². The van der Waals surface area contributed by atoms with Gasteiger partial charge in [0.1, 0.15) is 11.3 Å². The first-order valence-electron chi connectivity index (χ1n) is 12.7. The minimum absolute atomic E-state index is 0.352. The molecule has 0 bridgehead atoms. The molecule has 0 saturated heterocycles. The summed E-state index contributed by atoms with van der Waals surface area (Å²) in [6.45, 7) is 14.3. The maximum Gasteiger partial charge on any atom is 0.222 e. The van der Waals surface area contributed by atoms with Crippen LogP contribution < -0.4 is 10.5 Å². The van der Waals surface area contributed by atoms with E-state index in [2.05, 4.69) is 51.4 Å². The number of nitrogens with two attached hydrogens (primary N) is 1. The van der Waals surface area contributed by atoms with Crippen LogP contribution in [0, 0.1) is 0 Å². The smallest absolute Gasteiger partial charge is 0.222 e. The Kier molecular flexibility index (Phi) is 12.0. The highest BCUT2D eigenvalue weighted by Gasteiger charge is 2.14. The Balaban J connectivity index is 0.000000466. The van der Waals surface area contributed by atoms with E-state index in [4.69, 9.17) is 20.3 Å². The summed E-state index contributed by atoms with van der Waals surface area (Å²) < 4.78 is 12.4. The number of benzene rings is 1. The maximum atomic E-state index is 6.17. The average Bonchev–Trinajstić information content (AvgIpc) is 3.29. The van der Waals surface area contributed by atoms with Crippen molar-refractivity contribution in [3.63, 3.8) is 0 Å². The maximum absolute atomic E-state index is 6.17. The van der Waals surface area contributed by atoms with Crippen LogP contribution in [0.4, 0.5) is 5.95 Å². The van der Waals surface area contributed by atoms with Gasteiger partial charge in [0, 0.05) is 25.0 Å². The Morgan fingerprint density at radius 3 is 2.60 bits per heavy atom. The molecule has 3 rings (SSSR count). The van der Waals surface area contributed by atoms with Crippen molar-refractivity contribution >= 4 is 22.4 Å². The van der Waals surface area contributed by atoms with Crippen LogP contribution in [0.2, 0.25) is 0 Å². The Hall–Kier alpha value is -3.12. The van der Waals surface area contributed by atoms with Gasteiger partial charge in [0.2, 0.25) is 5.95 Å². The van der Waals surface area contributed by atoms with E-state index >= 15 is 0 Å². The summed E-state index contributed by atoms with van der Waals surface area (Å²) in [5.74, 6) is 1.06. The van der Waals surface area contributed by atoms with Crippen LogP contribution in [0.15, 0.2) is 60.2 Å². The van der Waals surface area contributed by atoms with E-state index in [0.717, 1.165) is 61.0 Å². The van der Waals surface area contributed by atoms with Crippen molar-refractivity contribution in [2.75, 3.05) is 26.1 Å². The lowest BCUT2D eigenvalue weighted by molar-refractivity contribution is 0.132. The third-order valence-electron chi connectivity index (χ3n) is 5.67. The topological polar surface area (TPSA) is 74.7 Å². The van der Waals surface area contributed by atoms with E-state index in [1.165, 1.54) is 24.0 Å². The second-order valence-electron chi connectivity index (χ2n) is 8.55. The van der Waals surface area contributed by atoms with Crippen molar-refractivity contribution < 1.29 is 9.47 Å². The number of aromatic nitrogens is 3. The molecule has 0 aliphatic heterocycles. The molecule has 2 heterocycles. The molecule has 2 aromatic heterocycles. The van der Waals surface area contributed by atoms with E-state index in [0.29, 0.717) is 11.7 Å². The monoisotopic (exact) mass is 478 g/mol. The van der Waals surface area contributed by atoms with E-state index in [9.17, 15) is 0 Å². The molecule has 0 aliphatic carbocycles. The largest absolute Gasteiger partial charge is 0.494 e. The van der Waals surface area contributed by atoms with Crippen LogP contribution in [0.1, 0.15) is 65.5 Å². The molecule has 0 spiro atoms. The third kappa shape index (κ3) is 7.96. The van der Waals surface area contributed by atoms with Crippen LogP contribution in [-0.4, -0.2) is 34.9 Å². The average molecular weight is 479 g/mol. The van der Waals surface area contributed by atoms with Gasteiger partial charge in [-0.05, 0) is 43.9 Å². The summed E-state index contributed by atoms with van der Waals surface area (Å²) >= 11 is 0. The minimum atomic E-state index is 0.352. The first-order valence-corrected chi connectivity index (χ1v) is 12.7. The van der Waals surface area contributed by atoms with Crippen molar-refractivity contribution in [1.82, 2.24) is 14.6 Å². The van der Waals surface area contributed by atoms with E-state index in [-0.39, 0.29) is 0 Å².